The maximum Gasteiger partial charge on any atom is 0.283 e. The molecule has 0 saturated carbocycles. The number of carbonyl (C=O) groups excluding carboxylic acids is 2. The minimum Gasteiger partial charge on any atom is -0.493 e. The summed E-state index contributed by atoms with van der Waals surface area (Å²) in [6.45, 7) is 8.01. The molecule has 30 heavy (non-hydrogen) atoms. The second kappa shape index (κ2) is 10.3. The number of fused-ring (bicyclic) bond motifs is 1. The van der Waals surface area contributed by atoms with Crippen LogP contribution in [-0.4, -0.2) is 64.0 Å². The highest BCUT2D eigenvalue weighted by Crippen LogP contribution is 2.38. The maximum atomic E-state index is 12.3. The number of aromatic hydroxyl groups is 1. The second-order valence-corrected chi connectivity index (χ2v) is 7.59. The predicted octanol–water partition coefficient (Wildman–Crippen LogP) is 3.70. The van der Waals surface area contributed by atoms with Gasteiger partial charge in [0.2, 0.25) is 11.8 Å². The van der Waals surface area contributed by atoms with Crippen molar-refractivity contribution in [1.82, 2.24) is 14.4 Å². The van der Waals surface area contributed by atoms with E-state index in [0.717, 1.165) is 49.8 Å². The highest BCUT2D eigenvalue weighted by atomic mass is 16.3. The van der Waals surface area contributed by atoms with Gasteiger partial charge in [0.05, 0.1) is 5.52 Å². The lowest BCUT2D eigenvalue weighted by atomic mass is 10.2. The van der Waals surface area contributed by atoms with Gasteiger partial charge in [-0.2, -0.15) is 0 Å². The van der Waals surface area contributed by atoms with Gasteiger partial charge in [0.1, 0.15) is 6.54 Å². The van der Waals surface area contributed by atoms with E-state index in [9.17, 15) is 14.7 Å². The molecule has 2 aromatic rings. The SMILES string of the molecule is CCN(CC)CCn1c(O)c(N=NC(=O)CN2CCCCCC2=O)c2ccccc21. The van der Waals surface area contributed by atoms with E-state index >= 15 is 0 Å². The summed E-state index contributed by atoms with van der Waals surface area (Å²) in [6.07, 6.45) is 3.24. The summed E-state index contributed by atoms with van der Waals surface area (Å²) in [5.41, 5.74) is 1.15. The summed E-state index contributed by atoms with van der Waals surface area (Å²) < 4.78 is 1.81. The van der Waals surface area contributed by atoms with Crippen LogP contribution in [0.3, 0.4) is 0 Å². The number of azo groups is 1. The quantitative estimate of drug-likeness (QED) is 0.668. The van der Waals surface area contributed by atoms with Crippen molar-refractivity contribution in [2.45, 2.75) is 46.1 Å². The van der Waals surface area contributed by atoms with Gasteiger partial charge >= 0.3 is 0 Å². The zero-order valence-electron chi connectivity index (χ0n) is 17.9. The molecule has 1 aliphatic rings. The standard InChI is InChI=1S/C22H31N5O3/c1-3-25(4-2)14-15-27-18-11-8-7-10-17(18)21(22(27)30)24-23-19(28)16-26-13-9-5-6-12-20(26)29/h7-8,10-11,30H,3-6,9,12-16H2,1-2H3. The van der Waals surface area contributed by atoms with E-state index in [1.54, 1.807) is 4.90 Å². The van der Waals surface area contributed by atoms with Crippen molar-refractivity contribution in [3.05, 3.63) is 24.3 Å². The van der Waals surface area contributed by atoms with Crippen molar-refractivity contribution in [3.8, 4) is 5.88 Å². The molecule has 0 aliphatic carbocycles. The molecule has 162 valence electrons. The molecule has 0 spiro atoms. The Kier molecular flexibility index (Phi) is 7.57. The van der Waals surface area contributed by atoms with Crippen LogP contribution in [-0.2, 0) is 16.1 Å². The number of rotatable bonds is 8. The zero-order valence-corrected chi connectivity index (χ0v) is 17.9. The summed E-state index contributed by atoms with van der Waals surface area (Å²) in [5.74, 6) is -0.484. The van der Waals surface area contributed by atoms with Gasteiger partial charge in [0.25, 0.3) is 5.91 Å². The second-order valence-electron chi connectivity index (χ2n) is 7.59. The lowest BCUT2D eigenvalue weighted by Gasteiger charge is -2.18. The van der Waals surface area contributed by atoms with Gasteiger partial charge in [-0.05, 0) is 32.0 Å². The fourth-order valence-corrected chi connectivity index (χ4v) is 3.88. The highest BCUT2D eigenvalue weighted by Gasteiger charge is 2.20. The molecule has 0 unspecified atom stereocenters. The molecule has 1 aromatic heterocycles. The number of likely N-dealkylation sites (tertiary alicyclic amines) is 1. The Bertz CT molecular complexity index is 917. The van der Waals surface area contributed by atoms with Crippen molar-refractivity contribution in [1.29, 1.82) is 0 Å². The van der Waals surface area contributed by atoms with Crippen LogP contribution in [0.25, 0.3) is 10.9 Å². The van der Waals surface area contributed by atoms with Gasteiger partial charge < -0.3 is 19.5 Å². The molecule has 0 radical (unpaired) electrons. The minimum atomic E-state index is -0.482. The number of nitrogens with zero attached hydrogens (tertiary/aromatic N) is 5. The maximum absolute atomic E-state index is 12.3. The Hall–Kier alpha value is -2.74. The molecule has 2 heterocycles. The van der Waals surface area contributed by atoms with E-state index in [2.05, 4.69) is 29.0 Å². The fourth-order valence-electron chi connectivity index (χ4n) is 3.88. The average molecular weight is 414 g/mol. The third kappa shape index (κ3) is 5.05. The molecule has 1 aliphatic heterocycles. The number of amides is 2. The first-order valence-corrected chi connectivity index (χ1v) is 10.8. The molecule has 0 atom stereocenters. The Morgan fingerprint density at radius 3 is 2.70 bits per heavy atom. The summed E-state index contributed by atoms with van der Waals surface area (Å²) >= 11 is 0. The third-order valence-electron chi connectivity index (χ3n) is 5.71. The van der Waals surface area contributed by atoms with Crippen molar-refractivity contribution in [2.75, 3.05) is 32.7 Å². The fraction of sp³-hybridized carbons (Fsp3) is 0.545. The van der Waals surface area contributed by atoms with Crippen LogP contribution < -0.4 is 0 Å². The molecular formula is C22H31N5O3. The first kappa shape index (κ1) is 22.0. The van der Waals surface area contributed by atoms with Crippen molar-refractivity contribution < 1.29 is 14.7 Å². The first-order valence-electron chi connectivity index (χ1n) is 10.8. The smallest absolute Gasteiger partial charge is 0.283 e. The van der Waals surface area contributed by atoms with Crippen LogP contribution in [0.4, 0.5) is 5.69 Å². The molecule has 0 bridgehead atoms. The average Bonchev–Trinajstić information content (AvgIpc) is 2.86. The van der Waals surface area contributed by atoms with Crippen molar-refractivity contribution in [3.63, 3.8) is 0 Å². The molecule has 1 N–H and O–H groups in total. The summed E-state index contributed by atoms with van der Waals surface area (Å²) in [6, 6.07) is 7.56. The molecule has 1 fully saturated rings. The van der Waals surface area contributed by atoms with E-state index in [-0.39, 0.29) is 18.3 Å². The zero-order chi connectivity index (χ0) is 21.5. The lowest BCUT2D eigenvalue weighted by molar-refractivity contribution is -0.134. The van der Waals surface area contributed by atoms with Crippen LogP contribution in [0.1, 0.15) is 39.5 Å². The largest absolute Gasteiger partial charge is 0.493 e. The van der Waals surface area contributed by atoms with Gasteiger partial charge in [-0.25, -0.2) is 0 Å². The number of likely N-dealkylation sites (N-methyl/N-ethyl adjacent to an activating group) is 1. The number of carbonyl (C=O) groups is 2. The van der Waals surface area contributed by atoms with Crippen LogP contribution in [0, 0.1) is 0 Å². The normalized spacial score (nSPS) is 15.4. The van der Waals surface area contributed by atoms with Gasteiger partial charge in [-0.1, -0.05) is 38.5 Å². The molecule has 8 nitrogen and oxygen atoms in total. The third-order valence-corrected chi connectivity index (χ3v) is 5.71. The van der Waals surface area contributed by atoms with Gasteiger partial charge in [0, 0.05) is 31.4 Å². The van der Waals surface area contributed by atoms with Crippen LogP contribution >= 0.6 is 0 Å². The topological polar surface area (TPSA) is 90.5 Å². The number of hydrogen-bond donors (Lipinski definition) is 1. The van der Waals surface area contributed by atoms with Crippen molar-refractivity contribution >= 4 is 28.4 Å². The summed E-state index contributed by atoms with van der Waals surface area (Å²) in [5, 5.41) is 19.4. The Labute approximate surface area is 177 Å². The van der Waals surface area contributed by atoms with E-state index in [1.807, 2.05) is 28.8 Å². The van der Waals surface area contributed by atoms with E-state index < -0.39 is 5.91 Å². The monoisotopic (exact) mass is 413 g/mol. The summed E-state index contributed by atoms with van der Waals surface area (Å²) in [7, 11) is 0. The van der Waals surface area contributed by atoms with E-state index in [4.69, 9.17) is 0 Å². The highest BCUT2D eigenvalue weighted by molar-refractivity contribution is 5.95. The van der Waals surface area contributed by atoms with Crippen LogP contribution in [0.5, 0.6) is 5.88 Å². The first-order chi connectivity index (χ1) is 14.5. The number of aromatic nitrogens is 1. The number of benzene rings is 1. The van der Waals surface area contributed by atoms with Gasteiger partial charge in [0.15, 0.2) is 5.69 Å². The van der Waals surface area contributed by atoms with Crippen LogP contribution in [0.2, 0.25) is 0 Å². The molecule has 1 saturated heterocycles. The minimum absolute atomic E-state index is 0.00533. The Morgan fingerprint density at radius 1 is 1.17 bits per heavy atom. The van der Waals surface area contributed by atoms with E-state index in [1.165, 1.54) is 0 Å². The molecule has 1 aromatic carbocycles. The van der Waals surface area contributed by atoms with E-state index in [0.29, 0.717) is 25.2 Å². The lowest BCUT2D eigenvalue weighted by Crippen LogP contribution is -2.34. The Balaban J connectivity index is 1.79. The molecule has 2 amide bonds. The van der Waals surface area contributed by atoms with Gasteiger partial charge in [-0.15, -0.1) is 10.2 Å². The number of para-hydroxylation sites is 1. The Morgan fingerprint density at radius 2 is 1.93 bits per heavy atom. The molecule has 8 heteroatoms. The molecule has 3 rings (SSSR count). The van der Waals surface area contributed by atoms with Crippen molar-refractivity contribution in [2.24, 2.45) is 10.2 Å². The van der Waals surface area contributed by atoms with Gasteiger partial charge in [-0.3, -0.25) is 9.59 Å². The predicted molar refractivity (Wildman–Crippen MR) is 116 cm³/mol. The number of hydrogen-bond acceptors (Lipinski definition) is 5. The molecular weight excluding hydrogens is 382 g/mol. The van der Waals surface area contributed by atoms with Crippen LogP contribution in [0.15, 0.2) is 34.5 Å². The summed E-state index contributed by atoms with van der Waals surface area (Å²) in [4.78, 5) is 28.3.